The summed E-state index contributed by atoms with van der Waals surface area (Å²) in [4.78, 5) is 0. The summed E-state index contributed by atoms with van der Waals surface area (Å²) in [6.45, 7) is 2.59. The first kappa shape index (κ1) is 12.4. The lowest BCUT2D eigenvalue weighted by atomic mass is 10.1. The van der Waals surface area contributed by atoms with Gasteiger partial charge < -0.3 is 10.4 Å². The molecule has 0 aliphatic carbocycles. The fourth-order valence-corrected chi connectivity index (χ4v) is 2.31. The van der Waals surface area contributed by atoms with Gasteiger partial charge in [-0.05, 0) is 30.9 Å². The Morgan fingerprint density at radius 2 is 1.88 bits per heavy atom. The van der Waals surface area contributed by atoms with Gasteiger partial charge in [0.15, 0.2) is 0 Å². The summed E-state index contributed by atoms with van der Waals surface area (Å²) in [5.74, 6) is 0. The molecule has 0 amide bonds. The number of benzene rings is 2. The van der Waals surface area contributed by atoms with Gasteiger partial charge in [-0.2, -0.15) is 0 Å². The van der Waals surface area contributed by atoms with Crippen molar-refractivity contribution >= 4 is 32.4 Å². The third-order valence-corrected chi connectivity index (χ3v) is 3.44. The smallest absolute Gasteiger partial charge is 0.0528 e. The third-order valence-electron chi connectivity index (χ3n) is 2.75. The molecule has 1 unspecified atom stereocenters. The lowest BCUT2D eigenvalue weighted by Crippen LogP contribution is -2.09. The highest BCUT2D eigenvalue weighted by Crippen LogP contribution is 2.29. The van der Waals surface area contributed by atoms with Gasteiger partial charge in [0, 0.05) is 22.1 Å². The van der Waals surface area contributed by atoms with Crippen molar-refractivity contribution in [2.75, 3.05) is 11.9 Å². The number of aliphatic hydroxyl groups excluding tert-OH is 1. The van der Waals surface area contributed by atoms with E-state index >= 15 is 0 Å². The van der Waals surface area contributed by atoms with Crippen molar-refractivity contribution in [1.82, 2.24) is 0 Å². The van der Waals surface area contributed by atoms with Crippen LogP contribution in [0.3, 0.4) is 0 Å². The number of rotatable bonds is 4. The Bertz CT molecular complexity index is 511. The Hall–Kier alpha value is -1.06. The van der Waals surface area contributed by atoms with Gasteiger partial charge in [-0.3, -0.25) is 0 Å². The zero-order valence-electron chi connectivity index (χ0n) is 9.78. The summed E-state index contributed by atoms with van der Waals surface area (Å²) >= 11 is 3.55. The monoisotopic (exact) mass is 293 g/mol. The van der Waals surface area contributed by atoms with Crippen molar-refractivity contribution in [2.45, 2.75) is 19.4 Å². The van der Waals surface area contributed by atoms with Crippen molar-refractivity contribution in [3.8, 4) is 0 Å². The molecule has 0 fully saturated rings. The molecule has 2 rings (SSSR count). The van der Waals surface area contributed by atoms with E-state index < -0.39 is 0 Å². The molecule has 0 saturated carbocycles. The van der Waals surface area contributed by atoms with Crippen LogP contribution in [0.5, 0.6) is 0 Å². The lowest BCUT2D eigenvalue weighted by molar-refractivity contribution is 0.189. The largest absolute Gasteiger partial charge is 0.393 e. The molecule has 0 saturated heterocycles. The van der Waals surface area contributed by atoms with E-state index in [4.69, 9.17) is 0 Å². The van der Waals surface area contributed by atoms with Crippen LogP contribution >= 0.6 is 15.9 Å². The van der Waals surface area contributed by atoms with Crippen LogP contribution in [0.1, 0.15) is 13.3 Å². The quantitative estimate of drug-likeness (QED) is 0.899. The maximum absolute atomic E-state index is 9.24. The Balaban J connectivity index is 2.26. The summed E-state index contributed by atoms with van der Waals surface area (Å²) in [5, 5.41) is 15.0. The highest BCUT2D eigenvalue weighted by atomic mass is 79.9. The summed E-state index contributed by atoms with van der Waals surface area (Å²) in [5.41, 5.74) is 1.12. The predicted molar refractivity (Wildman–Crippen MR) is 76.4 cm³/mol. The van der Waals surface area contributed by atoms with Gasteiger partial charge in [-0.15, -0.1) is 0 Å². The van der Waals surface area contributed by atoms with Gasteiger partial charge in [0.05, 0.1) is 6.10 Å². The molecule has 17 heavy (non-hydrogen) atoms. The van der Waals surface area contributed by atoms with Crippen LogP contribution in [-0.2, 0) is 0 Å². The lowest BCUT2D eigenvalue weighted by Gasteiger charge is -2.11. The minimum absolute atomic E-state index is 0.260. The second-order valence-corrected chi connectivity index (χ2v) is 5.06. The molecule has 2 nitrogen and oxygen atoms in total. The molecule has 0 aromatic heterocycles. The maximum atomic E-state index is 9.24. The third kappa shape index (κ3) is 2.99. The number of halogens is 1. The van der Waals surface area contributed by atoms with E-state index in [2.05, 4.69) is 39.4 Å². The van der Waals surface area contributed by atoms with Gasteiger partial charge in [-0.25, -0.2) is 0 Å². The van der Waals surface area contributed by atoms with Crippen LogP contribution in [-0.4, -0.2) is 17.8 Å². The molecule has 0 heterocycles. The predicted octanol–water partition coefficient (Wildman–Crippen LogP) is 3.79. The molecule has 2 aromatic rings. The topological polar surface area (TPSA) is 32.3 Å². The number of anilines is 1. The minimum Gasteiger partial charge on any atom is -0.393 e. The first-order valence-electron chi connectivity index (χ1n) is 5.77. The number of aliphatic hydroxyl groups is 1. The Labute approximate surface area is 110 Å². The molecule has 1 atom stereocenters. The number of hydrogen-bond acceptors (Lipinski definition) is 2. The highest BCUT2D eigenvalue weighted by molar-refractivity contribution is 9.10. The minimum atomic E-state index is -0.260. The first-order chi connectivity index (χ1) is 8.18. The number of nitrogens with one attached hydrogen (secondary N) is 1. The fraction of sp³-hybridized carbons (Fsp3) is 0.286. The van der Waals surface area contributed by atoms with Crippen LogP contribution in [0.4, 0.5) is 5.69 Å². The van der Waals surface area contributed by atoms with Gasteiger partial charge in [-0.1, -0.05) is 40.2 Å². The van der Waals surface area contributed by atoms with Crippen LogP contribution in [0, 0.1) is 0 Å². The normalized spacial score (nSPS) is 12.6. The van der Waals surface area contributed by atoms with E-state index in [-0.39, 0.29) is 6.10 Å². The molecule has 0 aliphatic rings. The molecule has 3 heteroatoms. The van der Waals surface area contributed by atoms with Gasteiger partial charge in [0.1, 0.15) is 0 Å². The summed E-state index contributed by atoms with van der Waals surface area (Å²) in [6, 6.07) is 12.4. The van der Waals surface area contributed by atoms with E-state index in [1.54, 1.807) is 6.92 Å². The standard InChI is InChI=1S/C14H16BrNO/c1-10(17)8-9-16-14-7-6-13(15)11-4-2-3-5-12(11)14/h2-7,10,16-17H,8-9H2,1H3. The summed E-state index contributed by atoms with van der Waals surface area (Å²) in [6.07, 6.45) is 0.494. The van der Waals surface area contributed by atoms with Crippen molar-refractivity contribution in [1.29, 1.82) is 0 Å². The van der Waals surface area contributed by atoms with Gasteiger partial charge in [0.2, 0.25) is 0 Å². The van der Waals surface area contributed by atoms with Crippen molar-refractivity contribution in [3.05, 3.63) is 40.9 Å². The molecule has 0 radical (unpaired) electrons. The molecule has 0 aliphatic heterocycles. The Kier molecular flexibility index (Phi) is 4.02. The van der Waals surface area contributed by atoms with Crippen LogP contribution in [0.2, 0.25) is 0 Å². The molecule has 2 N–H and O–H groups in total. The first-order valence-corrected chi connectivity index (χ1v) is 6.57. The van der Waals surface area contributed by atoms with E-state index in [9.17, 15) is 5.11 Å². The number of fused-ring (bicyclic) bond motifs is 1. The molecular weight excluding hydrogens is 278 g/mol. The summed E-state index contributed by atoms with van der Waals surface area (Å²) < 4.78 is 1.11. The van der Waals surface area contributed by atoms with E-state index in [0.29, 0.717) is 0 Å². The van der Waals surface area contributed by atoms with Gasteiger partial charge in [0.25, 0.3) is 0 Å². The zero-order valence-corrected chi connectivity index (χ0v) is 11.4. The zero-order chi connectivity index (χ0) is 12.3. The number of hydrogen-bond donors (Lipinski definition) is 2. The van der Waals surface area contributed by atoms with Crippen LogP contribution < -0.4 is 5.32 Å². The highest BCUT2D eigenvalue weighted by Gasteiger charge is 2.03. The van der Waals surface area contributed by atoms with E-state index in [1.807, 2.05) is 18.2 Å². The fourth-order valence-electron chi connectivity index (χ4n) is 1.83. The van der Waals surface area contributed by atoms with Crippen molar-refractivity contribution < 1.29 is 5.11 Å². The van der Waals surface area contributed by atoms with Crippen molar-refractivity contribution in [3.63, 3.8) is 0 Å². The molecule has 2 aromatic carbocycles. The average molecular weight is 294 g/mol. The van der Waals surface area contributed by atoms with Crippen molar-refractivity contribution in [2.24, 2.45) is 0 Å². The van der Waals surface area contributed by atoms with E-state index in [0.717, 1.165) is 23.1 Å². The Morgan fingerprint density at radius 3 is 2.59 bits per heavy atom. The summed E-state index contributed by atoms with van der Waals surface area (Å²) in [7, 11) is 0. The SMILES string of the molecule is CC(O)CCNc1ccc(Br)c2ccccc12. The average Bonchev–Trinajstić information content (AvgIpc) is 2.32. The molecule has 90 valence electrons. The Morgan fingerprint density at radius 1 is 1.18 bits per heavy atom. The maximum Gasteiger partial charge on any atom is 0.0528 e. The van der Waals surface area contributed by atoms with E-state index in [1.165, 1.54) is 10.8 Å². The molecular formula is C14H16BrNO. The molecule has 0 spiro atoms. The second kappa shape index (κ2) is 5.52. The van der Waals surface area contributed by atoms with Crippen LogP contribution in [0.15, 0.2) is 40.9 Å². The van der Waals surface area contributed by atoms with Crippen LogP contribution in [0.25, 0.3) is 10.8 Å². The molecule has 0 bridgehead atoms. The second-order valence-electron chi connectivity index (χ2n) is 4.21. The van der Waals surface area contributed by atoms with Gasteiger partial charge >= 0.3 is 0 Å².